The first-order valence-corrected chi connectivity index (χ1v) is 10.1. The highest BCUT2D eigenvalue weighted by atomic mass is 32.1. The monoisotopic (exact) mass is 405 g/mol. The molecule has 0 atom stereocenters. The molecule has 3 aromatic heterocycles. The molecule has 0 bridgehead atoms. The Kier molecular flexibility index (Phi) is 5.18. The Bertz CT molecular complexity index is 1230. The predicted molar refractivity (Wildman–Crippen MR) is 114 cm³/mol. The average Bonchev–Trinajstić information content (AvgIpc) is 3.19. The quantitative estimate of drug-likeness (QED) is 0.545. The standard InChI is InChI=1S/C21H19N5O2S/c1-13(2)11-26-20(28)16-8-4-3-7-15(16)18(25-26)19(27)24-21-23-17(12-29-21)14-6-5-9-22-10-14/h3-10,12-13H,11H2,1-2H3,(H,23,24,27). The Labute approximate surface area is 171 Å². The van der Waals surface area contributed by atoms with Gasteiger partial charge in [0, 0.05) is 35.3 Å². The van der Waals surface area contributed by atoms with Crippen LogP contribution in [0.25, 0.3) is 22.0 Å². The first-order valence-electron chi connectivity index (χ1n) is 9.20. The van der Waals surface area contributed by atoms with Crippen molar-refractivity contribution in [2.24, 2.45) is 5.92 Å². The van der Waals surface area contributed by atoms with Crippen LogP contribution in [0.15, 0.2) is 59.0 Å². The van der Waals surface area contributed by atoms with Crippen LogP contribution < -0.4 is 10.9 Å². The number of hydrogen-bond acceptors (Lipinski definition) is 6. The number of rotatable bonds is 5. The summed E-state index contributed by atoms with van der Waals surface area (Å²) in [6.45, 7) is 4.43. The van der Waals surface area contributed by atoms with Crippen LogP contribution in [0.3, 0.4) is 0 Å². The minimum atomic E-state index is -0.397. The fourth-order valence-electron chi connectivity index (χ4n) is 3.01. The van der Waals surface area contributed by atoms with Crippen molar-refractivity contribution >= 4 is 33.1 Å². The molecule has 0 aliphatic heterocycles. The van der Waals surface area contributed by atoms with Crippen molar-refractivity contribution in [2.45, 2.75) is 20.4 Å². The van der Waals surface area contributed by atoms with Crippen molar-refractivity contribution in [1.82, 2.24) is 19.7 Å². The molecule has 7 nitrogen and oxygen atoms in total. The molecule has 4 rings (SSSR count). The van der Waals surface area contributed by atoms with Crippen molar-refractivity contribution in [3.63, 3.8) is 0 Å². The zero-order valence-corrected chi connectivity index (χ0v) is 16.8. The lowest BCUT2D eigenvalue weighted by molar-refractivity contribution is 0.102. The van der Waals surface area contributed by atoms with E-state index in [0.29, 0.717) is 22.4 Å². The van der Waals surface area contributed by atoms with Crippen molar-refractivity contribution in [3.05, 3.63) is 70.2 Å². The molecule has 0 fully saturated rings. The summed E-state index contributed by atoms with van der Waals surface area (Å²) in [4.78, 5) is 34.3. The molecule has 146 valence electrons. The third-order valence-corrected chi connectivity index (χ3v) is 5.06. The molecule has 0 saturated heterocycles. The number of nitrogens with zero attached hydrogens (tertiary/aromatic N) is 4. The van der Waals surface area contributed by atoms with E-state index in [0.717, 1.165) is 11.3 Å². The van der Waals surface area contributed by atoms with Gasteiger partial charge in [0.05, 0.1) is 11.1 Å². The average molecular weight is 405 g/mol. The summed E-state index contributed by atoms with van der Waals surface area (Å²) in [6, 6.07) is 10.8. The van der Waals surface area contributed by atoms with E-state index in [9.17, 15) is 9.59 Å². The zero-order chi connectivity index (χ0) is 20.4. The van der Waals surface area contributed by atoms with Crippen LogP contribution in [0.1, 0.15) is 24.3 Å². The minimum absolute atomic E-state index is 0.195. The van der Waals surface area contributed by atoms with Gasteiger partial charge in [0.1, 0.15) is 0 Å². The summed E-state index contributed by atoms with van der Waals surface area (Å²) in [7, 11) is 0. The number of benzene rings is 1. The molecule has 0 radical (unpaired) electrons. The number of aromatic nitrogens is 4. The van der Waals surface area contributed by atoms with E-state index < -0.39 is 5.91 Å². The maximum atomic E-state index is 13.0. The molecular weight excluding hydrogens is 386 g/mol. The van der Waals surface area contributed by atoms with Crippen molar-refractivity contribution in [2.75, 3.05) is 5.32 Å². The Morgan fingerprint density at radius 1 is 1.17 bits per heavy atom. The summed E-state index contributed by atoms with van der Waals surface area (Å²) in [6.07, 6.45) is 3.42. The highest BCUT2D eigenvalue weighted by molar-refractivity contribution is 7.14. The number of nitrogens with one attached hydrogen (secondary N) is 1. The zero-order valence-electron chi connectivity index (χ0n) is 16.0. The smallest absolute Gasteiger partial charge is 0.278 e. The first-order chi connectivity index (χ1) is 14.0. The fraction of sp³-hybridized carbons (Fsp3) is 0.190. The molecule has 0 aliphatic carbocycles. The Morgan fingerprint density at radius 3 is 2.69 bits per heavy atom. The van der Waals surface area contributed by atoms with Gasteiger partial charge in [-0.15, -0.1) is 11.3 Å². The summed E-state index contributed by atoms with van der Waals surface area (Å²) < 4.78 is 1.37. The third kappa shape index (κ3) is 3.93. The van der Waals surface area contributed by atoms with Crippen molar-refractivity contribution in [3.8, 4) is 11.3 Å². The van der Waals surface area contributed by atoms with E-state index in [1.54, 1.807) is 36.7 Å². The van der Waals surface area contributed by atoms with Crippen molar-refractivity contribution in [1.29, 1.82) is 0 Å². The number of amides is 1. The first kappa shape index (κ1) is 18.9. The second kappa shape index (κ2) is 7.92. The van der Waals surface area contributed by atoms with Gasteiger partial charge in [0.2, 0.25) is 0 Å². The molecule has 3 heterocycles. The molecular formula is C21H19N5O2S. The van der Waals surface area contributed by atoms with Gasteiger partial charge >= 0.3 is 0 Å². The van der Waals surface area contributed by atoms with Gasteiger partial charge in [-0.2, -0.15) is 5.10 Å². The van der Waals surface area contributed by atoms with Crippen LogP contribution in [0.4, 0.5) is 5.13 Å². The number of carbonyl (C=O) groups is 1. The highest BCUT2D eigenvalue weighted by Gasteiger charge is 2.18. The largest absolute Gasteiger partial charge is 0.296 e. The van der Waals surface area contributed by atoms with E-state index in [2.05, 4.69) is 20.4 Å². The Balaban J connectivity index is 1.69. The molecule has 4 aromatic rings. The number of hydrogen-bond donors (Lipinski definition) is 1. The predicted octanol–water partition coefficient (Wildman–Crippen LogP) is 3.82. The van der Waals surface area contributed by atoms with Crippen LogP contribution in [-0.4, -0.2) is 25.7 Å². The number of fused-ring (bicyclic) bond motifs is 1. The maximum absolute atomic E-state index is 13.0. The summed E-state index contributed by atoms with van der Waals surface area (Å²) >= 11 is 1.32. The topological polar surface area (TPSA) is 89.8 Å². The van der Waals surface area contributed by atoms with Crippen LogP contribution in [0, 0.1) is 5.92 Å². The third-order valence-electron chi connectivity index (χ3n) is 4.30. The normalized spacial score (nSPS) is 11.1. The van der Waals surface area contributed by atoms with Gasteiger partial charge in [0.15, 0.2) is 10.8 Å². The molecule has 0 aliphatic rings. The van der Waals surface area contributed by atoms with Crippen LogP contribution >= 0.6 is 11.3 Å². The van der Waals surface area contributed by atoms with E-state index in [1.807, 2.05) is 31.4 Å². The summed E-state index contributed by atoms with van der Waals surface area (Å²) in [5.41, 5.74) is 1.62. The lowest BCUT2D eigenvalue weighted by atomic mass is 10.1. The lowest BCUT2D eigenvalue weighted by Gasteiger charge is -2.12. The van der Waals surface area contributed by atoms with Crippen LogP contribution in [0.5, 0.6) is 0 Å². The Morgan fingerprint density at radius 2 is 1.97 bits per heavy atom. The van der Waals surface area contributed by atoms with E-state index >= 15 is 0 Å². The molecule has 0 spiro atoms. The van der Waals surface area contributed by atoms with E-state index in [-0.39, 0.29) is 17.2 Å². The van der Waals surface area contributed by atoms with Gasteiger partial charge in [-0.3, -0.25) is 19.9 Å². The van der Waals surface area contributed by atoms with Gasteiger partial charge in [-0.1, -0.05) is 32.0 Å². The van der Waals surface area contributed by atoms with E-state index in [4.69, 9.17) is 0 Å². The number of carbonyl (C=O) groups excluding carboxylic acids is 1. The molecule has 0 unspecified atom stereocenters. The van der Waals surface area contributed by atoms with Crippen LogP contribution in [-0.2, 0) is 6.54 Å². The molecule has 0 saturated carbocycles. The SMILES string of the molecule is CC(C)Cn1nc(C(=O)Nc2nc(-c3cccnc3)cs2)c2ccccc2c1=O. The molecule has 1 N–H and O–H groups in total. The number of thiazole rings is 1. The van der Waals surface area contributed by atoms with Gasteiger partial charge in [-0.05, 0) is 24.1 Å². The van der Waals surface area contributed by atoms with Crippen molar-refractivity contribution < 1.29 is 4.79 Å². The number of anilines is 1. The fourth-order valence-corrected chi connectivity index (χ4v) is 3.72. The van der Waals surface area contributed by atoms with Crippen LogP contribution in [0.2, 0.25) is 0 Å². The van der Waals surface area contributed by atoms with Gasteiger partial charge < -0.3 is 0 Å². The highest BCUT2D eigenvalue weighted by Crippen LogP contribution is 2.25. The number of pyridine rings is 1. The minimum Gasteiger partial charge on any atom is -0.296 e. The second-order valence-corrected chi connectivity index (χ2v) is 7.87. The Hall–Kier alpha value is -3.39. The summed E-state index contributed by atoms with van der Waals surface area (Å²) in [5.74, 6) is -0.177. The maximum Gasteiger partial charge on any atom is 0.278 e. The summed E-state index contributed by atoms with van der Waals surface area (Å²) in [5, 5.41) is 10.5. The molecule has 29 heavy (non-hydrogen) atoms. The molecule has 1 aromatic carbocycles. The van der Waals surface area contributed by atoms with Gasteiger partial charge in [0.25, 0.3) is 11.5 Å². The molecule has 1 amide bonds. The van der Waals surface area contributed by atoms with Gasteiger partial charge in [-0.25, -0.2) is 9.67 Å². The second-order valence-electron chi connectivity index (χ2n) is 7.01. The lowest BCUT2D eigenvalue weighted by Crippen LogP contribution is -2.29. The molecule has 8 heteroatoms. The van der Waals surface area contributed by atoms with E-state index in [1.165, 1.54) is 16.0 Å².